The highest BCUT2D eigenvalue weighted by atomic mass is 32.1. The maximum Gasteiger partial charge on any atom is 0.416 e. The minimum Gasteiger partial charge on any atom is -0.337 e. The van der Waals surface area contributed by atoms with Crippen LogP contribution >= 0.6 is 11.3 Å². The molecule has 0 fully saturated rings. The molecule has 3 heterocycles. The van der Waals surface area contributed by atoms with Crippen molar-refractivity contribution in [3.63, 3.8) is 0 Å². The third-order valence-electron chi connectivity index (χ3n) is 5.34. The monoisotopic (exact) mass is 484 g/mol. The van der Waals surface area contributed by atoms with E-state index in [9.17, 15) is 22.8 Å². The number of nitrogens with zero attached hydrogens (tertiary/aromatic N) is 4. The maximum absolute atomic E-state index is 13.4. The van der Waals surface area contributed by atoms with Gasteiger partial charge in [-0.2, -0.15) is 18.2 Å². The normalized spacial score (nSPS) is 11.9. The van der Waals surface area contributed by atoms with Gasteiger partial charge in [-0.3, -0.25) is 9.36 Å². The van der Waals surface area contributed by atoms with Crippen molar-refractivity contribution in [2.45, 2.75) is 19.6 Å². The van der Waals surface area contributed by atoms with E-state index in [0.29, 0.717) is 21.5 Å². The lowest BCUT2D eigenvalue weighted by molar-refractivity contribution is -0.137. The Morgan fingerprint density at radius 3 is 2.47 bits per heavy atom. The van der Waals surface area contributed by atoms with Crippen LogP contribution in [0.1, 0.15) is 17.0 Å². The summed E-state index contributed by atoms with van der Waals surface area (Å²) in [5.41, 5.74) is 0.213. The molecule has 34 heavy (non-hydrogen) atoms. The highest BCUT2D eigenvalue weighted by Crippen LogP contribution is 2.30. The van der Waals surface area contributed by atoms with Gasteiger partial charge in [-0.15, -0.1) is 11.3 Å². The Bertz CT molecular complexity index is 1630. The van der Waals surface area contributed by atoms with Gasteiger partial charge >= 0.3 is 11.9 Å². The van der Waals surface area contributed by atoms with E-state index in [4.69, 9.17) is 4.52 Å². The van der Waals surface area contributed by atoms with Gasteiger partial charge in [0.05, 0.1) is 16.8 Å². The van der Waals surface area contributed by atoms with Crippen LogP contribution in [0.25, 0.3) is 27.3 Å². The van der Waals surface area contributed by atoms with Crippen LogP contribution in [0.5, 0.6) is 0 Å². The molecular formula is C23H15F3N4O3S. The summed E-state index contributed by atoms with van der Waals surface area (Å²) in [7, 11) is 0. The zero-order chi connectivity index (χ0) is 24.0. The molecule has 7 nitrogen and oxygen atoms in total. The molecule has 5 aromatic rings. The number of alkyl halides is 3. The molecule has 5 rings (SSSR count). The molecule has 0 saturated heterocycles. The molecule has 0 spiro atoms. The van der Waals surface area contributed by atoms with Crippen molar-refractivity contribution >= 4 is 21.6 Å². The SMILES string of the molecule is Cc1ccccc1-n1c(=O)c2sccc2n(Cc2nc(-c3ccc(C(F)(F)F)cc3)no2)c1=O. The quantitative estimate of drug-likeness (QED) is 0.371. The van der Waals surface area contributed by atoms with E-state index in [2.05, 4.69) is 10.1 Å². The van der Waals surface area contributed by atoms with Gasteiger partial charge in [0.15, 0.2) is 0 Å². The number of benzene rings is 2. The number of halogens is 3. The number of fused-ring (bicyclic) bond motifs is 1. The Morgan fingerprint density at radius 1 is 1.03 bits per heavy atom. The minimum atomic E-state index is -4.45. The second-order valence-corrected chi connectivity index (χ2v) is 8.43. The third-order valence-corrected chi connectivity index (χ3v) is 6.23. The van der Waals surface area contributed by atoms with E-state index >= 15 is 0 Å². The van der Waals surface area contributed by atoms with Crippen molar-refractivity contribution in [1.82, 2.24) is 19.3 Å². The predicted molar refractivity (Wildman–Crippen MR) is 120 cm³/mol. The molecule has 172 valence electrons. The van der Waals surface area contributed by atoms with Crippen molar-refractivity contribution in [2.75, 3.05) is 0 Å². The summed E-state index contributed by atoms with van der Waals surface area (Å²) in [5, 5.41) is 5.55. The van der Waals surface area contributed by atoms with Gasteiger partial charge in [0.2, 0.25) is 11.7 Å². The summed E-state index contributed by atoms with van der Waals surface area (Å²) in [6.07, 6.45) is -4.45. The first kappa shape index (κ1) is 21.8. The van der Waals surface area contributed by atoms with E-state index in [1.54, 1.807) is 36.6 Å². The lowest BCUT2D eigenvalue weighted by Crippen LogP contribution is -2.39. The highest BCUT2D eigenvalue weighted by Gasteiger charge is 2.30. The number of para-hydroxylation sites is 1. The van der Waals surface area contributed by atoms with Gasteiger partial charge in [-0.05, 0) is 42.1 Å². The lowest BCUT2D eigenvalue weighted by atomic mass is 10.1. The van der Waals surface area contributed by atoms with Crippen LogP contribution in [0.3, 0.4) is 0 Å². The lowest BCUT2D eigenvalue weighted by Gasteiger charge is -2.12. The first-order valence-electron chi connectivity index (χ1n) is 10.0. The minimum absolute atomic E-state index is 0.0690. The average Bonchev–Trinajstić information content (AvgIpc) is 3.48. The van der Waals surface area contributed by atoms with Crippen molar-refractivity contribution in [3.8, 4) is 17.1 Å². The highest BCUT2D eigenvalue weighted by molar-refractivity contribution is 7.17. The Labute approximate surface area is 193 Å². The average molecular weight is 484 g/mol. The zero-order valence-electron chi connectivity index (χ0n) is 17.5. The molecule has 0 unspecified atom stereocenters. The fourth-order valence-electron chi connectivity index (χ4n) is 3.65. The first-order chi connectivity index (χ1) is 16.2. The maximum atomic E-state index is 13.4. The van der Waals surface area contributed by atoms with Crippen molar-refractivity contribution in [1.29, 1.82) is 0 Å². The Hall–Kier alpha value is -3.99. The Balaban J connectivity index is 1.56. The van der Waals surface area contributed by atoms with Crippen LogP contribution in [-0.4, -0.2) is 19.3 Å². The molecule has 0 aliphatic heterocycles. The van der Waals surface area contributed by atoms with Crippen LogP contribution in [0, 0.1) is 6.92 Å². The van der Waals surface area contributed by atoms with Crippen LogP contribution in [0.4, 0.5) is 13.2 Å². The fraction of sp³-hybridized carbons (Fsp3) is 0.130. The second kappa shape index (κ2) is 8.10. The van der Waals surface area contributed by atoms with Gasteiger partial charge in [-0.25, -0.2) is 9.36 Å². The van der Waals surface area contributed by atoms with Crippen LogP contribution in [-0.2, 0) is 12.7 Å². The second-order valence-electron chi connectivity index (χ2n) is 7.52. The van der Waals surface area contributed by atoms with Gasteiger partial charge in [0.1, 0.15) is 11.2 Å². The molecule has 0 atom stereocenters. The molecular weight excluding hydrogens is 469 g/mol. The fourth-order valence-corrected chi connectivity index (χ4v) is 4.47. The smallest absolute Gasteiger partial charge is 0.337 e. The molecule has 0 aliphatic carbocycles. The van der Waals surface area contributed by atoms with Crippen LogP contribution in [0.2, 0.25) is 0 Å². The Morgan fingerprint density at radius 2 is 1.76 bits per heavy atom. The number of hydrogen-bond donors (Lipinski definition) is 0. The van der Waals surface area contributed by atoms with Crippen molar-refractivity contribution < 1.29 is 17.7 Å². The standard InChI is InChI=1S/C23H15F3N4O3S/c1-13-4-2-3-5-16(13)30-21(31)19-17(10-11-34-19)29(22(30)32)12-18-27-20(28-33-18)14-6-8-15(9-7-14)23(24,25)26/h2-11H,12H2,1H3. The van der Waals surface area contributed by atoms with Gasteiger partial charge in [0, 0.05) is 5.56 Å². The predicted octanol–water partition coefficient (Wildman–Crippen LogP) is 4.64. The van der Waals surface area contributed by atoms with Crippen molar-refractivity contribution in [3.05, 3.63) is 97.8 Å². The number of aromatic nitrogens is 4. The van der Waals surface area contributed by atoms with Gasteiger partial charge in [-0.1, -0.05) is 35.5 Å². The molecule has 2 aromatic carbocycles. The van der Waals surface area contributed by atoms with Gasteiger partial charge in [0.25, 0.3) is 5.56 Å². The summed E-state index contributed by atoms with van der Waals surface area (Å²) >= 11 is 1.22. The number of thiophene rings is 1. The number of aryl methyl sites for hydroxylation is 1. The number of rotatable bonds is 4. The van der Waals surface area contributed by atoms with E-state index in [-0.39, 0.29) is 18.3 Å². The van der Waals surface area contributed by atoms with Crippen LogP contribution < -0.4 is 11.2 Å². The third kappa shape index (κ3) is 3.73. The molecule has 0 radical (unpaired) electrons. The van der Waals surface area contributed by atoms with E-state index in [1.807, 2.05) is 6.07 Å². The summed E-state index contributed by atoms with van der Waals surface area (Å²) in [5.74, 6) is 0.157. The largest absolute Gasteiger partial charge is 0.416 e. The van der Waals surface area contributed by atoms with E-state index < -0.39 is 23.0 Å². The first-order valence-corrected chi connectivity index (χ1v) is 10.9. The summed E-state index contributed by atoms with van der Waals surface area (Å²) in [6.45, 7) is 1.68. The topological polar surface area (TPSA) is 82.9 Å². The number of hydrogen-bond acceptors (Lipinski definition) is 6. The Kier molecular flexibility index (Phi) is 5.20. The molecule has 0 aliphatic rings. The van der Waals surface area contributed by atoms with E-state index in [1.165, 1.54) is 28.0 Å². The summed E-state index contributed by atoms with van der Waals surface area (Å²) < 4.78 is 46.6. The molecule has 0 saturated carbocycles. The molecule has 0 amide bonds. The molecule has 0 bridgehead atoms. The molecule has 0 N–H and O–H groups in total. The van der Waals surface area contributed by atoms with Gasteiger partial charge < -0.3 is 4.52 Å². The zero-order valence-corrected chi connectivity index (χ0v) is 18.4. The van der Waals surface area contributed by atoms with Crippen molar-refractivity contribution in [2.24, 2.45) is 0 Å². The summed E-state index contributed by atoms with van der Waals surface area (Å²) in [6, 6.07) is 13.1. The molecule has 11 heteroatoms. The van der Waals surface area contributed by atoms with Crippen LogP contribution in [0.15, 0.2) is 74.1 Å². The van der Waals surface area contributed by atoms with E-state index in [0.717, 1.165) is 22.3 Å². The molecule has 3 aromatic heterocycles. The summed E-state index contributed by atoms with van der Waals surface area (Å²) in [4.78, 5) is 30.7.